The van der Waals surface area contributed by atoms with Gasteiger partial charge in [0.15, 0.2) is 0 Å². The van der Waals surface area contributed by atoms with Crippen molar-refractivity contribution in [3.05, 3.63) is 12.2 Å². The first-order valence-corrected chi connectivity index (χ1v) is 5.47. The lowest BCUT2D eigenvalue weighted by Crippen LogP contribution is -2.33. The zero-order chi connectivity index (χ0) is 13.5. The van der Waals surface area contributed by atoms with E-state index in [4.69, 9.17) is 9.47 Å². The normalized spacial score (nSPS) is 10.8. The lowest BCUT2D eigenvalue weighted by atomic mass is 10.2. The van der Waals surface area contributed by atoms with E-state index in [0.717, 1.165) is 0 Å². The predicted molar refractivity (Wildman–Crippen MR) is 64.5 cm³/mol. The van der Waals surface area contributed by atoms with Crippen LogP contribution in [0.15, 0.2) is 12.2 Å². The number of hydrogen-bond acceptors (Lipinski definition) is 5. The molecule has 98 valence electrons. The van der Waals surface area contributed by atoms with Gasteiger partial charge in [-0.3, -0.25) is 4.79 Å². The van der Waals surface area contributed by atoms with Crippen molar-refractivity contribution >= 4 is 11.9 Å². The van der Waals surface area contributed by atoms with Crippen LogP contribution in [-0.4, -0.2) is 37.2 Å². The van der Waals surface area contributed by atoms with Gasteiger partial charge in [0, 0.05) is 12.1 Å². The Kier molecular flexibility index (Phi) is 6.50. The van der Waals surface area contributed by atoms with E-state index in [2.05, 4.69) is 11.9 Å². The van der Waals surface area contributed by atoms with Crippen molar-refractivity contribution in [3.8, 4) is 0 Å². The van der Waals surface area contributed by atoms with E-state index in [1.807, 2.05) is 0 Å². The molecule has 5 heteroatoms. The van der Waals surface area contributed by atoms with Gasteiger partial charge >= 0.3 is 11.9 Å². The summed E-state index contributed by atoms with van der Waals surface area (Å²) in [5, 5.41) is 2.82. The van der Waals surface area contributed by atoms with Gasteiger partial charge in [-0.05, 0) is 27.7 Å². The van der Waals surface area contributed by atoms with Gasteiger partial charge in [0.05, 0.1) is 6.54 Å². The molecule has 0 bridgehead atoms. The molecular weight excluding hydrogens is 222 g/mol. The maximum absolute atomic E-state index is 11.3. The number of hydrogen-bond donors (Lipinski definition) is 1. The lowest BCUT2D eigenvalue weighted by Gasteiger charge is -2.19. The molecule has 0 aliphatic carbocycles. The molecule has 1 N–H and O–H groups in total. The highest BCUT2D eigenvalue weighted by atomic mass is 16.6. The molecular formula is C12H21NO4. The Labute approximate surface area is 102 Å². The van der Waals surface area contributed by atoms with Crippen LogP contribution >= 0.6 is 0 Å². The van der Waals surface area contributed by atoms with Gasteiger partial charge in [-0.1, -0.05) is 6.58 Å². The molecule has 0 amide bonds. The van der Waals surface area contributed by atoms with Crippen molar-refractivity contribution in [2.75, 3.05) is 19.7 Å². The summed E-state index contributed by atoms with van der Waals surface area (Å²) in [7, 11) is 0. The monoisotopic (exact) mass is 243 g/mol. The fourth-order valence-corrected chi connectivity index (χ4v) is 0.907. The van der Waals surface area contributed by atoms with Gasteiger partial charge in [-0.2, -0.15) is 0 Å². The van der Waals surface area contributed by atoms with E-state index in [-0.39, 0.29) is 19.1 Å². The van der Waals surface area contributed by atoms with E-state index < -0.39 is 11.6 Å². The van der Waals surface area contributed by atoms with Crippen LogP contribution in [0.1, 0.15) is 27.7 Å². The van der Waals surface area contributed by atoms with Gasteiger partial charge in [0.2, 0.25) is 0 Å². The second-order valence-corrected chi connectivity index (χ2v) is 4.68. The molecule has 0 aliphatic rings. The molecule has 0 fully saturated rings. The van der Waals surface area contributed by atoms with Gasteiger partial charge in [0.1, 0.15) is 12.2 Å². The molecule has 17 heavy (non-hydrogen) atoms. The average molecular weight is 243 g/mol. The third-order valence-corrected chi connectivity index (χ3v) is 1.55. The quantitative estimate of drug-likeness (QED) is 0.429. The molecule has 0 saturated heterocycles. The van der Waals surface area contributed by atoms with Crippen LogP contribution in [0.4, 0.5) is 0 Å². The van der Waals surface area contributed by atoms with E-state index in [1.165, 1.54) is 0 Å². The average Bonchev–Trinajstić information content (AvgIpc) is 2.13. The van der Waals surface area contributed by atoms with Crippen LogP contribution in [-0.2, 0) is 19.1 Å². The van der Waals surface area contributed by atoms with E-state index in [0.29, 0.717) is 12.1 Å². The van der Waals surface area contributed by atoms with Crippen LogP contribution in [0, 0.1) is 0 Å². The zero-order valence-electron chi connectivity index (χ0n) is 11.0. The summed E-state index contributed by atoms with van der Waals surface area (Å²) >= 11 is 0. The van der Waals surface area contributed by atoms with Gasteiger partial charge in [-0.25, -0.2) is 4.79 Å². The minimum absolute atomic E-state index is 0.0991. The predicted octanol–water partition coefficient (Wildman–Crippen LogP) is 1.04. The Morgan fingerprint density at radius 2 is 1.88 bits per heavy atom. The highest BCUT2D eigenvalue weighted by Crippen LogP contribution is 2.05. The first kappa shape index (κ1) is 15.6. The lowest BCUT2D eigenvalue weighted by molar-refractivity contribution is -0.153. The number of ether oxygens (including phenoxy) is 2. The fourth-order valence-electron chi connectivity index (χ4n) is 0.907. The first-order chi connectivity index (χ1) is 7.72. The molecule has 0 rings (SSSR count). The van der Waals surface area contributed by atoms with Crippen molar-refractivity contribution in [1.29, 1.82) is 0 Å². The maximum Gasteiger partial charge on any atom is 0.333 e. The molecule has 0 radical (unpaired) electrons. The molecule has 0 aromatic rings. The first-order valence-electron chi connectivity index (χ1n) is 5.47. The molecule has 0 aromatic heterocycles. The Balaban J connectivity index is 3.56. The van der Waals surface area contributed by atoms with E-state index >= 15 is 0 Å². The van der Waals surface area contributed by atoms with Gasteiger partial charge in [-0.15, -0.1) is 0 Å². The number of rotatable bonds is 6. The van der Waals surface area contributed by atoms with Gasteiger partial charge in [0.25, 0.3) is 0 Å². The van der Waals surface area contributed by atoms with Crippen LogP contribution < -0.4 is 5.32 Å². The summed E-state index contributed by atoms with van der Waals surface area (Å²) in [6.07, 6.45) is 0. The van der Waals surface area contributed by atoms with Crippen molar-refractivity contribution < 1.29 is 19.1 Å². The summed E-state index contributed by atoms with van der Waals surface area (Å²) in [4.78, 5) is 22.2. The second-order valence-electron chi connectivity index (χ2n) is 4.68. The Morgan fingerprint density at radius 3 is 2.35 bits per heavy atom. The number of carbonyl (C=O) groups is 2. The summed E-state index contributed by atoms with van der Waals surface area (Å²) in [6.45, 7) is 11.2. The molecule has 0 heterocycles. The molecule has 0 unspecified atom stereocenters. The van der Waals surface area contributed by atoms with Crippen molar-refractivity contribution in [3.63, 3.8) is 0 Å². The second kappa shape index (κ2) is 7.06. The third kappa shape index (κ3) is 9.56. The zero-order valence-corrected chi connectivity index (χ0v) is 11.0. The maximum atomic E-state index is 11.3. The molecule has 0 saturated carbocycles. The Bertz CT molecular complexity index is 291. The summed E-state index contributed by atoms with van der Waals surface area (Å²) in [5.41, 5.74) is -0.123. The van der Waals surface area contributed by atoms with E-state index in [9.17, 15) is 9.59 Å². The van der Waals surface area contributed by atoms with Crippen molar-refractivity contribution in [2.24, 2.45) is 0 Å². The van der Waals surface area contributed by atoms with Crippen LogP contribution in [0.2, 0.25) is 0 Å². The molecule has 0 spiro atoms. The van der Waals surface area contributed by atoms with Crippen LogP contribution in [0.3, 0.4) is 0 Å². The number of esters is 2. The van der Waals surface area contributed by atoms with Crippen molar-refractivity contribution in [1.82, 2.24) is 5.32 Å². The minimum Gasteiger partial charge on any atom is -0.461 e. The standard InChI is InChI=1S/C12H21NO4/c1-9(2)11(15)16-7-6-13-8-10(14)17-12(3,4)5/h13H,1,6-8H2,2-5H3. The molecule has 0 aromatic carbocycles. The third-order valence-electron chi connectivity index (χ3n) is 1.55. The smallest absolute Gasteiger partial charge is 0.333 e. The molecule has 5 nitrogen and oxygen atoms in total. The highest BCUT2D eigenvalue weighted by molar-refractivity contribution is 5.86. The molecule has 0 aliphatic heterocycles. The minimum atomic E-state index is -0.481. The van der Waals surface area contributed by atoms with Crippen LogP contribution in [0.25, 0.3) is 0 Å². The SMILES string of the molecule is C=C(C)C(=O)OCCNCC(=O)OC(C)(C)C. The summed E-state index contributed by atoms with van der Waals surface area (Å²) in [6, 6.07) is 0. The number of nitrogens with one attached hydrogen (secondary N) is 1. The van der Waals surface area contributed by atoms with Crippen LogP contribution in [0.5, 0.6) is 0 Å². The topological polar surface area (TPSA) is 64.6 Å². The summed E-state index contributed by atoms with van der Waals surface area (Å²) in [5.74, 6) is -0.757. The molecule has 0 atom stereocenters. The largest absolute Gasteiger partial charge is 0.461 e. The van der Waals surface area contributed by atoms with E-state index in [1.54, 1.807) is 27.7 Å². The Morgan fingerprint density at radius 1 is 1.29 bits per heavy atom. The number of carbonyl (C=O) groups excluding carboxylic acids is 2. The van der Waals surface area contributed by atoms with Crippen molar-refractivity contribution in [2.45, 2.75) is 33.3 Å². The highest BCUT2D eigenvalue weighted by Gasteiger charge is 2.15. The van der Waals surface area contributed by atoms with Gasteiger partial charge < -0.3 is 14.8 Å². The Hall–Kier alpha value is -1.36. The fraction of sp³-hybridized carbons (Fsp3) is 0.667. The summed E-state index contributed by atoms with van der Waals surface area (Å²) < 4.78 is 9.91.